The summed E-state index contributed by atoms with van der Waals surface area (Å²) in [5.74, 6) is 0.360. The summed E-state index contributed by atoms with van der Waals surface area (Å²) in [5.41, 5.74) is 0. The van der Waals surface area contributed by atoms with Gasteiger partial charge in [0.25, 0.3) is 0 Å². The molecule has 4 heteroatoms. The average molecular weight is 233 g/mol. The summed E-state index contributed by atoms with van der Waals surface area (Å²) < 4.78 is 25.3. The van der Waals surface area contributed by atoms with Gasteiger partial charge in [0.2, 0.25) is 10.0 Å². The van der Waals surface area contributed by atoms with Crippen LogP contribution < -0.4 is 0 Å². The van der Waals surface area contributed by atoms with E-state index in [9.17, 15) is 8.42 Å². The van der Waals surface area contributed by atoms with Crippen LogP contribution in [0.25, 0.3) is 0 Å². The molecule has 90 valence electrons. The lowest BCUT2D eigenvalue weighted by molar-refractivity contribution is 0.300. The molecule has 0 aromatic rings. The number of sulfonamides is 1. The van der Waals surface area contributed by atoms with Crippen LogP contribution in [0.3, 0.4) is 0 Å². The van der Waals surface area contributed by atoms with E-state index in [0.29, 0.717) is 5.75 Å². The maximum Gasteiger partial charge on any atom is 0.214 e. The minimum atomic E-state index is -2.91. The summed E-state index contributed by atoms with van der Waals surface area (Å²) in [6.45, 7) is 5.03. The minimum Gasteiger partial charge on any atom is -0.212 e. The van der Waals surface area contributed by atoms with Gasteiger partial charge in [-0.3, -0.25) is 0 Å². The van der Waals surface area contributed by atoms with E-state index in [1.54, 1.807) is 4.31 Å². The van der Waals surface area contributed by atoms with Crippen molar-refractivity contribution in [3.05, 3.63) is 0 Å². The fourth-order valence-electron chi connectivity index (χ4n) is 2.27. The molecule has 1 fully saturated rings. The van der Waals surface area contributed by atoms with Gasteiger partial charge in [0.15, 0.2) is 0 Å². The number of unbranched alkanes of at least 4 members (excludes halogenated alkanes) is 1. The van der Waals surface area contributed by atoms with Gasteiger partial charge in [-0.2, -0.15) is 4.31 Å². The van der Waals surface area contributed by atoms with E-state index in [2.05, 4.69) is 13.8 Å². The molecule has 0 radical (unpaired) electrons. The Kier molecular flexibility index (Phi) is 5.06. The third-order valence-electron chi connectivity index (χ3n) is 3.06. The molecule has 1 unspecified atom stereocenters. The number of hydrogen-bond acceptors (Lipinski definition) is 2. The van der Waals surface area contributed by atoms with Crippen molar-refractivity contribution in [2.75, 3.05) is 12.3 Å². The molecule has 1 aliphatic rings. The van der Waals surface area contributed by atoms with Gasteiger partial charge >= 0.3 is 0 Å². The SMILES string of the molecule is CCCCC(CCC)N1CCCS1(=O)=O. The molecule has 15 heavy (non-hydrogen) atoms. The molecule has 3 nitrogen and oxygen atoms in total. The highest BCUT2D eigenvalue weighted by atomic mass is 32.2. The molecular formula is C11H23NO2S. The third-order valence-corrected chi connectivity index (χ3v) is 5.06. The van der Waals surface area contributed by atoms with E-state index in [0.717, 1.165) is 45.1 Å². The second-order valence-electron chi connectivity index (χ2n) is 4.37. The van der Waals surface area contributed by atoms with Gasteiger partial charge in [0.1, 0.15) is 0 Å². The molecule has 0 saturated carbocycles. The minimum absolute atomic E-state index is 0.266. The molecule has 0 amide bonds. The van der Waals surface area contributed by atoms with E-state index < -0.39 is 10.0 Å². The van der Waals surface area contributed by atoms with E-state index in [-0.39, 0.29) is 6.04 Å². The molecule has 0 spiro atoms. The summed E-state index contributed by atoms with van der Waals surface area (Å²) in [6.07, 6.45) is 6.21. The number of nitrogens with zero attached hydrogens (tertiary/aromatic N) is 1. The maximum atomic E-state index is 11.8. The van der Waals surface area contributed by atoms with E-state index in [1.807, 2.05) is 0 Å². The fourth-order valence-corrected chi connectivity index (χ4v) is 4.07. The van der Waals surface area contributed by atoms with Crippen LogP contribution in [-0.2, 0) is 10.0 Å². The molecule has 1 atom stereocenters. The zero-order valence-corrected chi connectivity index (χ0v) is 10.7. The summed E-state index contributed by atoms with van der Waals surface area (Å²) in [7, 11) is -2.91. The van der Waals surface area contributed by atoms with Crippen molar-refractivity contribution in [1.29, 1.82) is 0 Å². The van der Waals surface area contributed by atoms with Crippen LogP contribution in [0, 0.1) is 0 Å². The summed E-state index contributed by atoms with van der Waals surface area (Å²) >= 11 is 0. The Hall–Kier alpha value is -0.0900. The van der Waals surface area contributed by atoms with Crippen LogP contribution in [0.5, 0.6) is 0 Å². The highest BCUT2D eigenvalue weighted by Gasteiger charge is 2.33. The Morgan fingerprint density at radius 3 is 2.40 bits per heavy atom. The Labute approximate surface area is 93.9 Å². The van der Waals surface area contributed by atoms with Gasteiger partial charge in [-0.1, -0.05) is 33.1 Å². The summed E-state index contributed by atoms with van der Waals surface area (Å²) in [4.78, 5) is 0. The van der Waals surface area contributed by atoms with Gasteiger partial charge in [-0.25, -0.2) is 8.42 Å². The maximum absolute atomic E-state index is 11.8. The highest BCUT2D eigenvalue weighted by molar-refractivity contribution is 7.89. The first-order valence-electron chi connectivity index (χ1n) is 6.11. The van der Waals surface area contributed by atoms with Crippen molar-refractivity contribution < 1.29 is 8.42 Å². The molecule has 1 rings (SSSR count). The second kappa shape index (κ2) is 5.85. The van der Waals surface area contributed by atoms with Crippen LogP contribution >= 0.6 is 0 Å². The molecule has 1 heterocycles. The van der Waals surface area contributed by atoms with Crippen molar-refractivity contribution in [3.8, 4) is 0 Å². The molecular weight excluding hydrogens is 210 g/mol. The second-order valence-corrected chi connectivity index (χ2v) is 6.41. The lowest BCUT2D eigenvalue weighted by Gasteiger charge is -2.26. The standard InChI is InChI=1S/C11H23NO2S/c1-3-5-8-11(7-4-2)12-9-6-10-15(12,13)14/h11H,3-10H2,1-2H3. The monoisotopic (exact) mass is 233 g/mol. The average Bonchev–Trinajstić information content (AvgIpc) is 2.53. The fraction of sp³-hybridized carbons (Fsp3) is 1.00. The molecule has 1 aliphatic heterocycles. The van der Waals surface area contributed by atoms with Crippen LogP contribution in [0.4, 0.5) is 0 Å². The smallest absolute Gasteiger partial charge is 0.212 e. The number of hydrogen-bond donors (Lipinski definition) is 0. The largest absolute Gasteiger partial charge is 0.214 e. The van der Waals surface area contributed by atoms with Crippen LogP contribution in [0.1, 0.15) is 52.4 Å². The lowest BCUT2D eigenvalue weighted by atomic mass is 10.1. The number of rotatable bonds is 6. The first-order valence-corrected chi connectivity index (χ1v) is 7.72. The topological polar surface area (TPSA) is 37.4 Å². The van der Waals surface area contributed by atoms with E-state index >= 15 is 0 Å². The zero-order valence-electron chi connectivity index (χ0n) is 9.91. The molecule has 1 saturated heterocycles. The Morgan fingerprint density at radius 1 is 1.20 bits per heavy atom. The summed E-state index contributed by atoms with van der Waals surface area (Å²) in [6, 6.07) is 0.266. The molecule has 0 aliphatic carbocycles. The Bertz CT molecular complexity index is 274. The van der Waals surface area contributed by atoms with Gasteiger partial charge in [0.05, 0.1) is 5.75 Å². The molecule has 0 N–H and O–H groups in total. The Morgan fingerprint density at radius 2 is 1.93 bits per heavy atom. The van der Waals surface area contributed by atoms with E-state index in [4.69, 9.17) is 0 Å². The van der Waals surface area contributed by atoms with Gasteiger partial charge < -0.3 is 0 Å². The Balaban J connectivity index is 2.62. The van der Waals surface area contributed by atoms with Crippen molar-refractivity contribution in [2.24, 2.45) is 0 Å². The first kappa shape index (κ1) is 13.0. The highest BCUT2D eigenvalue weighted by Crippen LogP contribution is 2.23. The van der Waals surface area contributed by atoms with Crippen LogP contribution in [0.2, 0.25) is 0 Å². The van der Waals surface area contributed by atoms with Crippen molar-refractivity contribution >= 4 is 10.0 Å². The van der Waals surface area contributed by atoms with Crippen molar-refractivity contribution in [2.45, 2.75) is 58.4 Å². The normalized spacial score (nSPS) is 23.1. The van der Waals surface area contributed by atoms with Gasteiger partial charge in [-0.15, -0.1) is 0 Å². The predicted molar refractivity (Wildman–Crippen MR) is 63.3 cm³/mol. The van der Waals surface area contributed by atoms with Gasteiger partial charge in [-0.05, 0) is 19.3 Å². The predicted octanol–water partition coefficient (Wildman–Crippen LogP) is 2.38. The van der Waals surface area contributed by atoms with Crippen LogP contribution in [0.15, 0.2) is 0 Å². The lowest BCUT2D eigenvalue weighted by Crippen LogP contribution is -2.36. The third kappa shape index (κ3) is 3.45. The van der Waals surface area contributed by atoms with Gasteiger partial charge in [0, 0.05) is 12.6 Å². The quantitative estimate of drug-likeness (QED) is 0.706. The van der Waals surface area contributed by atoms with E-state index in [1.165, 1.54) is 0 Å². The zero-order chi connectivity index (χ0) is 11.3. The first-order chi connectivity index (χ1) is 7.11. The molecule has 0 aromatic carbocycles. The molecule has 0 bridgehead atoms. The molecule has 0 aromatic heterocycles. The van der Waals surface area contributed by atoms with Crippen molar-refractivity contribution in [1.82, 2.24) is 4.31 Å². The van der Waals surface area contributed by atoms with Crippen LogP contribution in [-0.4, -0.2) is 31.1 Å². The van der Waals surface area contributed by atoms with Crippen molar-refractivity contribution in [3.63, 3.8) is 0 Å². The summed E-state index contributed by atoms with van der Waals surface area (Å²) in [5, 5.41) is 0.